The van der Waals surface area contributed by atoms with E-state index < -0.39 is 71.8 Å². The van der Waals surface area contributed by atoms with Crippen LogP contribution in [0.2, 0.25) is 0 Å². The van der Waals surface area contributed by atoms with Crippen molar-refractivity contribution < 1.29 is 42.8 Å². The van der Waals surface area contributed by atoms with Gasteiger partial charge in [-0.2, -0.15) is 0 Å². The SMILES string of the molecule is CCOC(=O)CC1C(=O)N(C(C)(C)C)C(=O)N1C[C@H]1O[C@@H]2OC(C)(C)O[C@@H]2[C@H]2OC(C)(C)O[C@H]21. The molecule has 0 bridgehead atoms. The zero-order valence-corrected chi connectivity index (χ0v) is 21.2. The van der Waals surface area contributed by atoms with Crippen molar-refractivity contribution in [3.63, 3.8) is 0 Å². The predicted molar refractivity (Wildman–Crippen MR) is 116 cm³/mol. The Labute approximate surface area is 199 Å². The number of ether oxygens (including phenoxy) is 6. The highest BCUT2D eigenvalue weighted by atomic mass is 16.9. The van der Waals surface area contributed by atoms with Crippen molar-refractivity contribution in [2.45, 2.75) is 116 Å². The summed E-state index contributed by atoms with van der Waals surface area (Å²) in [6, 6.07) is -1.49. The summed E-state index contributed by atoms with van der Waals surface area (Å²) in [7, 11) is 0. The molecule has 0 N–H and O–H groups in total. The fourth-order valence-electron chi connectivity index (χ4n) is 5.07. The van der Waals surface area contributed by atoms with E-state index in [1.54, 1.807) is 55.4 Å². The average Bonchev–Trinajstić information content (AvgIpc) is 3.24. The predicted octanol–water partition coefficient (Wildman–Crippen LogP) is 1.77. The minimum Gasteiger partial charge on any atom is -0.466 e. The second-order valence-electron chi connectivity index (χ2n) is 11.0. The Balaban J connectivity index is 1.62. The number of amides is 3. The van der Waals surface area contributed by atoms with Gasteiger partial charge in [-0.25, -0.2) is 4.79 Å². The van der Waals surface area contributed by atoms with E-state index in [4.69, 9.17) is 28.4 Å². The number of carbonyl (C=O) groups excluding carboxylic acids is 3. The molecule has 6 atom stereocenters. The first-order chi connectivity index (χ1) is 15.6. The van der Waals surface area contributed by atoms with Crippen LogP contribution in [0, 0.1) is 0 Å². The summed E-state index contributed by atoms with van der Waals surface area (Å²) in [5.74, 6) is -2.76. The van der Waals surface area contributed by atoms with Gasteiger partial charge >= 0.3 is 12.0 Å². The van der Waals surface area contributed by atoms with Crippen molar-refractivity contribution in [1.29, 1.82) is 0 Å². The molecule has 4 aliphatic rings. The summed E-state index contributed by atoms with van der Waals surface area (Å²) in [6.45, 7) is 14.4. The molecule has 0 aromatic carbocycles. The molecule has 192 valence electrons. The Bertz CT molecular complexity index is 852. The van der Waals surface area contributed by atoms with Gasteiger partial charge in [-0.3, -0.25) is 14.5 Å². The zero-order valence-electron chi connectivity index (χ0n) is 21.2. The van der Waals surface area contributed by atoms with Gasteiger partial charge in [0.15, 0.2) is 17.9 Å². The molecule has 0 saturated carbocycles. The van der Waals surface area contributed by atoms with E-state index in [1.807, 2.05) is 0 Å². The zero-order chi connectivity index (χ0) is 25.2. The molecule has 0 aromatic heterocycles. The minimum atomic E-state index is -1.00. The second-order valence-corrected chi connectivity index (χ2v) is 11.0. The normalized spacial score (nSPS) is 36.6. The number of carbonyl (C=O) groups is 3. The third-order valence-corrected chi connectivity index (χ3v) is 6.28. The van der Waals surface area contributed by atoms with Crippen molar-refractivity contribution in [2.24, 2.45) is 0 Å². The number of urea groups is 1. The maximum Gasteiger partial charge on any atom is 0.328 e. The number of esters is 1. The van der Waals surface area contributed by atoms with E-state index in [-0.39, 0.29) is 19.6 Å². The summed E-state index contributed by atoms with van der Waals surface area (Å²) in [4.78, 5) is 41.6. The molecule has 0 spiro atoms. The van der Waals surface area contributed by atoms with E-state index in [0.717, 1.165) is 0 Å². The molecule has 11 nitrogen and oxygen atoms in total. The number of nitrogens with zero attached hydrogens (tertiary/aromatic N) is 2. The van der Waals surface area contributed by atoms with Crippen molar-refractivity contribution in [2.75, 3.05) is 13.2 Å². The maximum atomic E-state index is 13.4. The standard InChI is InChI=1S/C23H36N2O9/c1-9-29-14(26)10-12-18(27)25(21(2,3)4)20(28)24(12)11-13-15-16(32-22(5,6)31-15)17-19(30-13)34-23(7,8)33-17/h12-13,15-17,19H,9-11H2,1-8H3/t12?,13-,15+,16+,17-,19-/m1/s1. The second kappa shape index (κ2) is 8.41. The van der Waals surface area contributed by atoms with Crippen LogP contribution in [0.3, 0.4) is 0 Å². The molecular weight excluding hydrogens is 448 g/mol. The van der Waals surface area contributed by atoms with Gasteiger partial charge in [-0.05, 0) is 55.4 Å². The van der Waals surface area contributed by atoms with Gasteiger partial charge in [0.05, 0.1) is 19.6 Å². The van der Waals surface area contributed by atoms with Crippen molar-refractivity contribution in [1.82, 2.24) is 9.80 Å². The fourth-order valence-corrected chi connectivity index (χ4v) is 5.07. The molecular formula is C23H36N2O9. The first kappa shape index (κ1) is 25.3. The molecule has 0 aromatic rings. The number of hydrogen-bond donors (Lipinski definition) is 0. The number of hydrogen-bond acceptors (Lipinski definition) is 9. The van der Waals surface area contributed by atoms with E-state index in [1.165, 1.54) is 9.80 Å². The lowest BCUT2D eigenvalue weighted by Gasteiger charge is -2.39. The van der Waals surface area contributed by atoms with E-state index >= 15 is 0 Å². The fraction of sp³-hybridized carbons (Fsp3) is 0.870. The van der Waals surface area contributed by atoms with Gasteiger partial charge in [0.25, 0.3) is 5.91 Å². The molecule has 4 aliphatic heterocycles. The maximum absolute atomic E-state index is 13.4. The molecule has 4 heterocycles. The Kier molecular flexibility index (Phi) is 6.26. The minimum absolute atomic E-state index is 0.00877. The topological polar surface area (TPSA) is 113 Å². The van der Waals surface area contributed by atoms with Crippen LogP contribution in [-0.4, -0.2) is 94.7 Å². The van der Waals surface area contributed by atoms with Gasteiger partial charge in [0, 0.05) is 5.54 Å². The summed E-state index contributed by atoms with van der Waals surface area (Å²) in [5, 5.41) is 0. The molecule has 4 fully saturated rings. The Morgan fingerprint density at radius 3 is 2.18 bits per heavy atom. The summed E-state index contributed by atoms with van der Waals surface area (Å²) in [6.07, 6.45) is -3.20. The van der Waals surface area contributed by atoms with Crippen molar-refractivity contribution in [3.8, 4) is 0 Å². The first-order valence-corrected chi connectivity index (χ1v) is 11.8. The molecule has 0 aliphatic carbocycles. The number of fused-ring (bicyclic) bond motifs is 3. The van der Waals surface area contributed by atoms with Crippen LogP contribution in [0.4, 0.5) is 4.79 Å². The average molecular weight is 485 g/mol. The van der Waals surface area contributed by atoms with E-state index in [9.17, 15) is 14.4 Å². The highest BCUT2D eigenvalue weighted by Gasteiger charge is 2.62. The Morgan fingerprint density at radius 1 is 0.971 bits per heavy atom. The van der Waals surface area contributed by atoms with Gasteiger partial charge in [0.2, 0.25) is 0 Å². The highest BCUT2D eigenvalue weighted by Crippen LogP contribution is 2.44. The molecule has 11 heteroatoms. The van der Waals surface area contributed by atoms with Crippen LogP contribution in [-0.2, 0) is 38.0 Å². The van der Waals surface area contributed by atoms with Crippen molar-refractivity contribution >= 4 is 17.9 Å². The molecule has 34 heavy (non-hydrogen) atoms. The van der Waals surface area contributed by atoms with Gasteiger partial charge in [-0.1, -0.05) is 0 Å². The first-order valence-electron chi connectivity index (χ1n) is 11.8. The third-order valence-electron chi connectivity index (χ3n) is 6.28. The Hall–Kier alpha value is -1.79. The lowest BCUT2D eigenvalue weighted by Crippen LogP contribution is -2.59. The number of rotatable bonds is 5. The smallest absolute Gasteiger partial charge is 0.328 e. The number of imide groups is 1. The molecule has 4 saturated heterocycles. The van der Waals surface area contributed by atoms with Gasteiger partial charge < -0.3 is 33.3 Å². The lowest BCUT2D eigenvalue weighted by atomic mass is 9.98. The van der Waals surface area contributed by atoms with E-state index in [2.05, 4.69) is 0 Å². The Morgan fingerprint density at radius 2 is 1.56 bits per heavy atom. The quantitative estimate of drug-likeness (QED) is 0.425. The van der Waals surface area contributed by atoms with Crippen LogP contribution in [0.25, 0.3) is 0 Å². The monoisotopic (exact) mass is 484 g/mol. The third kappa shape index (κ3) is 4.56. The van der Waals surface area contributed by atoms with Crippen LogP contribution < -0.4 is 0 Å². The molecule has 0 radical (unpaired) electrons. The molecule has 1 unspecified atom stereocenters. The van der Waals surface area contributed by atoms with Crippen LogP contribution in [0.1, 0.15) is 61.8 Å². The summed E-state index contributed by atoms with van der Waals surface area (Å²) in [5.41, 5.74) is -0.766. The largest absolute Gasteiger partial charge is 0.466 e. The van der Waals surface area contributed by atoms with Crippen LogP contribution in [0.5, 0.6) is 0 Å². The highest BCUT2D eigenvalue weighted by molar-refractivity contribution is 6.06. The van der Waals surface area contributed by atoms with Crippen LogP contribution >= 0.6 is 0 Å². The van der Waals surface area contributed by atoms with Gasteiger partial charge in [-0.15, -0.1) is 0 Å². The lowest BCUT2D eigenvalue weighted by molar-refractivity contribution is -0.235. The van der Waals surface area contributed by atoms with Crippen LogP contribution in [0.15, 0.2) is 0 Å². The molecule has 4 rings (SSSR count). The van der Waals surface area contributed by atoms with E-state index in [0.29, 0.717) is 0 Å². The summed E-state index contributed by atoms with van der Waals surface area (Å²) < 4.78 is 35.5. The summed E-state index contributed by atoms with van der Waals surface area (Å²) >= 11 is 0. The molecule has 3 amide bonds. The van der Waals surface area contributed by atoms with Gasteiger partial charge in [0.1, 0.15) is 30.5 Å². The van der Waals surface area contributed by atoms with Crippen molar-refractivity contribution in [3.05, 3.63) is 0 Å².